The van der Waals surface area contributed by atoms with Crippen molar-refractivity contribution in [2.45, 2.75) is 58.9 Å². The Kier molecular flexibility index (Phi) is 6.82. The van der Waals surface area contributed by atoms with Gasteiger partial charge in [-0.2, -0.15) is 0 Å². The van der Waals surface area contributed by atoms with Crippen molar-refractivity contribution in [1.29, 1.82) is 0 Å². The Morgan fingerprint density at radius 2 is 1.30 bits per heavy atom. The van der Waals surface area contributed by atoms with E-state index in [4.69, 9.17) is 0 Å². The second-order valence-electron chi connectivity index (χ2n) is 7.78. The summed E-state index contributed by atoms with van der Waals surface area (Å²) in [7, 11) is 4.14. The van der Waals surface area contributed by atoms with Gasteiger partial charge in [-0.3, -0.25) is 0 Å². The van der Waals surface area contributed by atoms with Gasteiger partial charge < -0.3 is 11.4 Å². The molecule has 1 N–H and O–H groups in total. The molecule has 20 heavy (non-hydrogen) atoms. The minimum Gasteiger partial charge on any atom is -1.00 e. The average molecular weight is 287 g/mol. The summed E-state index contributed by atoms with van der Waals surface area (Å²) in [5.74, 6) is 0.461. The van der Waals surface area contributed by atoms with E-state index in [1.165, 1.54) is 5.56 Å². The van der Waals surface area contributed by atoms with Crippen molar-refractivity contribution in [3.63, 3.8) is 0 Å². The maximum Gasteiger partial charge on any atom is 1.00 e. The van der Waals surface area contributed by atoms with E-state index in [-0.39, 0.29) is 41.8 Å². The Labute approximate surface area is 148 Å². The van der Waals surface area contributed by atoms with Crippen LogP contribution in [0.3, 0.4) is 0 Å². The molecule has 2 nitrogen and oxygen atoms in total. The number of phenolic OH excluding ortho intramolecular Hbond substituents is 1. The van der Waals surface area contributed by atoms with Gasteiger partial charge in [-0.05, 0) is 41.6 Å². The topological polar surface area (TPSA) is 23.5 Å². The van der Waals surface area contributed by atoms with E-state index in [1.54, 1.807) is 0 Å². The fraction of sp³-hybridized carbons (Fsp3) is 0.647. The van der Waals surface area contributed by atoms with Crippen molar-refractivity contribution < 1.29 is 36.1 Å². The van der Waals surface area contributed by atoms with E-state index in [0.29, 0.717) is 5.75 Å². The molecular weight excluding hydrogens is 257 g/mol. The van der Waals surface area contributed by atoms with Crippen LogP contribution in [0.4, 0.5) is 0 Å². The Hall–Kier alpha value is -0.0200. The third-order valence-electron chi connectivity index (χ3n) is 3.28. The summed E-state index contributed by atoms with van der Waals surface area (Å²) in [6.07, 6.45) is 0. The largest absolute Gasteiger partial charge is 1.00 e. The number of rotatable bonds is 2. The van der Waals surface area contributed by atoms with Gasteiger partial charge in [-0.25, -0.2) is 0 Å². The monoisotopic (exact) mass is 287 g/mol. The summed E-state index contributed by atoms with van der Waals surface area (Å²) in [5.41, 5.74) is 3.24. The van der Waals surface area contributed by atoms with Crippen LogP contribution in [0.25, 0.3) is 0 Å². The van der Waals surface area contributed by atoms with E-state index in [0.717, 1.165) is 17.7 Å². The molecule has 110 valence electrons. The second kappa shape index (κ2) is 6.83. The Morgan fingerprint density at radius 1 is 0.950 bits per heavy atom. The van der Waals surface area contributed by atoms with Crippen LogP contribution in [0.1, 0.15) is 59.7 Å². The molecule has 0 heterocycles. The standard InChI is InChI=1S/C17H29NO.Na.H/c1-16(2,3)13-9-12(11-18(7)8)10-14(15(13)19)17(4,5)6;;/h9-10,19H,11H2,1-8H3;;/q;+1;-1. The van der Waals surface area contributed by atoms with Gasteiger partial charge in [0.25, 0.3) is 0 Å². The van der Waals surface area contributed by atoms with Gasteiger partial charge in [0.2, 0.25) is 0 Å². The third kappa shape index (κ3) is 5.07. The van der Waals surface area contributed by atoms with Crippen LogP contribution in [0, 0.1) is 0 Å². The zero-order chi connectivity index (χ0) is 15.0. The molecule has 0 saturated heterocycles. The molecule has 0 spiro atoms. The molecule has 0 atom stereocenters. The molecule has 0 aliphatic carbocycles. The molecule has 1 aromatic rings. The molecule has 1 aromatic carbocycles. The number of nitrogens with zero attached hydrogens (tertiary/aromatic N) is 1. The molecule has 0 amide bonds. The molecule has 0 unspecified atom stereocenters. The van der Waals surface area contributed by atoms with Crippen LogP contribution in [0.15, 0.2) is 12.1 Å². The molecule has 0 radical (unpaired) electrons. The summed E-state index contributed by atoms with van der Waals surface area (Å²) < 4.78 is 0. The molecule has 0 aromatic heterocycles. The predicted molar refractivity (Wildman–Crippen MR) is 84.0 cm³/mol. The maximum atomic E-state index is 10.6. The number of benzene rings is 1. The van der Waals surface area contributed by atoms with Gasteiger partial charge in [-0.15, -0.1) is 0 Å². The first kappa shape index (κ1) is 20.0. The summed E-state index contributed by atoms with van der Waals surface area (Å²) in [6.45, 7) is 13.8. The average Bonchev–Trinajstić information content (AvgIpc) is 2.16. The maximum absolute atomic E-state index is 10.6. The molecule has 0 saturated carbocycles. The van der Waals surface area contributed by atoms with Crippen LogP contribution in [-0.4, -0.2) is 24.1 Å². The van der Waals surface area contributed by atoms with E-state index in [2.05, 4.69) is 72.7 Å². The van der Waals surface area contributed by atoms with Gasteiger partial charge in [0.05, 0.1) is 0 Å². The van der Waals surface area contributed by atoms with Crippen molar-refractivity contribution >= 4 is 0 Å². The Bertz CT molecular complexity index is 424. The molecule has 1 rings (SSSR count). The van der Waals surface area contributed by atoms with Crippen LogP contribution in [-0.2, 0) is 17.4 Å². The van der Waals surface area contributed by atoms with Crippen LogP contribution in [0.2, 0.25) is 0 Å². The first-order valence-corrected chi connectivity index (χ1v) is 6.94. The zero-order valence-corrected chi connectivity index (χ0v) is 16.8. The van der Waals surface area contributed by atoms with E-state index >= 15 is 0 Å². The minimum atomic E-state index is -0.0492. The third-order valence-corrected chi connectivity index (χ3v) is 3.28. The molecule has 0 fully saturated rings. The van der Waals surface area contributed by atoms with Gasteiger partial charge in [0.1, 0.15) is 5.75 Å². The Balaban J connectivity index is 0. The number of phenols is 1. The van der Waals surface area contributed by atoms with E-state index < -0.39 is 0 Å². The van der Waals surface area contributed by atoms with Gasteiger partial charge >= 0.3 is 29.6 Å². The fourth-order valence-corrected chi connectivity index (χ4v) is 2.29. The fourth-order valence-electron chi connectivity index (χ4n) is 2.29. The first-order valence-electron chi connectivity index (χ1n) is 6.94. The van der Waals surface area contributed by atoms with Gasteiger partial charge in [0, 0.05) is 6.54 Å². The van der Waals surface area contributed by atoms with Crippen LogP contribution < -0.4 is 29.6 Å². The van der Waals surface area contributed by atoms with Crippen molar-refractivity contribution in [3.8, 4) is 5.75 Å². The van der Waals surface area contributed by atoms with Crippen LogP contribution >= 0.6 is 0 Å². The van der Waals surface area contributed by atoms with Crippen molar-refractivity contribution in [2.75, 3.05) is 14.1 Å². The number of hydrogen-bond acceptors (Lipinski definition) is 2. The Morgan fingerprint density at radius 3 is 1.55 bits per heavy atom. The first-order chi connectivity index (χ1) is 8.43. The summed E-state index contributed by atoms with van der Waals surface area (Å²) in [5, 5.41) is 10.6. The molecule has 0 aliphatic heterocycles. The number of hydrogen-bond donors (Lipinski definition) is 1. The summed E-state index contributed by atoms with van der Waals surface area (Å²) in [6, 6.07) is 4.29. The normalized spacial score (nSPS) is 12.4. The van der Waals surface area contributed by atoms with E-state index in [1.807, 2.05) is 0 Å². The zero-order valence-electron chi connectivity index (χ0n) is 15.8. The van der Waals surface area contributed by atoms with Crippen molar-refractivity contribution in [3.05, 3.63) is 28.8 Å². The summed E-state index contributed by atoms with van der Waals surface area (Å²) >= 11 is 0. The SMILES string of the molecule is CN(C)Cc1cc(C(C)(C)C)c(O)c(C(C)(C)C)c1.[H-].[Na+]. The smallest absolute Gasteiger partial charge is 1.00 e. The number of aromatic hydroxyl groups is 1. The quantitative estimate of drug-likeness (QED) is 0.825. The molecule has 3 heteroatoms. The van der Waals surface area contributed by atoms with Gasteiger partial charge in [0.15, 0.2) is 0 Å². The summed E-state index contributed by atoms with van der Waals surface area (Å²) in [4.78, 5) is 2.16. The van der Waals surface area contributed by atoms with Crippen molar-refractivity contribution in [1.82, 2.24) is 4.90 Å². The second-order valence-corrected chi connectivity index (χ2v) is 7.78. The molecule has 0 bridgehead atoms. The molecular formula is C17H30NNaO. The van der Waals surface area contributed by atoms with Crippen LogP contribution in [0.5, 0.6) is 5.75 Å². The van der Waals surface area contributed by atoms with Crippen molar-refractivity contribution in [2.24, 2.45) is 0 Å². The minimum absolute atomic E-state index is 0. The predicted octanol–water partition coefficient (Wildman–Crippen LogP) is 1.17. The van der Waals surface area contributed by atoms with Gasteiger partial charge in [-0.1, -0.05) is 53.7 Å². The van der Waals surface area contributed by atoms with E-state index in [9.17, 15) is 5.11 Å². The molecule has 0 aliphatic rings.